The number of benzene rings is 2. The fourth-order valence-corrected chi connectivity index (χ4v) is 3.59. The van der Waals surface area contributed by atoms with Crippen molar-refractivity contribution < 1.29 is 9.59 Å². The zero-order valence-electron chi connectivity index (χ0n) is 16.0. The van der Waals surface area contributed by atoms with Gasteiger partial charge >= 0.3 is 11.8 Å². The predicted octanol–water partition coefficient (Wildman–Crippen LogP) is 5.25. The third kappa shape index (κ3) is 5.11. The van der Waals surface area contributed by atoms with Gasteiger partial charge in [-0.25, -0.2) is 5.43 Å². The highest BCUT2D eigenvalue weighted by atomic mass is 79.9. The van der Waals surface area contributed by atoms with Gasteiger partial charge in [-0.15, -0.1) is 0 Å². The summed E-state index contributed by atoms with van der Waals surface area (Å²) in [7, 11) is 0. The minimum Gasteiger partial charge on any atom is -0.318 e. The van der Waals surface area contributed by atoms with E-state index in [2.05, 4.69) is 36.3 Å². The minimum atomic E-state index is -0.905. The Bertz CT molecular complexity index is 1160. The summed E-state index contributed by atoms with van der Waals surface area (Å²) in [5, 5.41) is 6.96. The number of aromatic nitrogens is 1. The molecule has 0 aliphatic carbocycles. The summed E-state index contributed by atoms with van der Waals surface area (Å²) in [6.07, 6.45) is 1.50. The predicted molar refractivity (Wildman–Crippen MR) is 124 cm³/mol. The maximum Gasteiger partial charge on any atom is 0.329 e. The number of carbonyl (C=O) groups is 2. The maximum atomic E-state index is 12.0. The minimum absolute atomic E-state index is 0.272. The number of rotatable bonds is 4. The van der Waals surface area contributed by atoms with Crippen LogP contribution in [0.15, 0.2) is 58.1 Å². The Kier molecular flexibility index (Phi) is 6.97. The van der Waals surface area contributed by atoms with Crippen molar-refractivity contribution in [3.05, 3.63) is 80.0 Å². The van der Waals surface area contributed by atoms with E-state index < -0.39 is 11.8 Å². The molecule has 1 aromatic heterocycles. The summed E-state index contributed by atoms with van der Waals surface area (Å²) < 4.78 is 3.05. The number of hydrogen-bond donors (Lipinski definition) is 2. The molecule has 2 amide bonds. The summed E-state index contributed by atoms with van der Waals surface area (Å²) in [4.78, 5) is 24.0. The zero-order valence-corrected chi connectivity index (χ0v) is 19.1. The number of amides is 2. The van der Waals surface area contributed by atoms with E-state index in [1.54, 1.807) is 6.07 Å². The first-order chi connectivity index (χ1) is 14.3. The van der Waals surface area contributed by atoms with Gasteiger partial charge in [0.15, 0.2) is 0 Å². The molecule has 0 saturated carbocycles. The van der Waals surface area contributed by atoms with Crippen LogP contribution in [0, 0.1) is 13.8 Å². The molecule has 0 unspecified atom stereocenters. The number of nitrogens with one attached hydrogen (secondary N) is 2. The molecule has 3 aromatic rings. The molecule has 0 saturated heterocycles. The second-order valence-corrected chi connectivity index (χ2v) is 8.15. The largest absolute Gasteiger partial charge is 0.329 e. The SMILES string of the molecule is Cc1cc(/C=N\NC(=O)C(=O)Nc2ccc(Cl)c(Cl)c2)c(C)n1-c1cccc(Br)c1. The average Bonchev–Trinajstić information content (AvgIpc) is 2.98. The van der Waals surface area contributed by atoms with Gasteiger partial charge in [0.25, 0.3) is 0 Å². The first-order valence-corrected chi connectivity index (χ1v) is 10.4. The van der Waals surface area contributed by atoms with Crippen LogP contribution < -0.4 is 10.7 Å². The number of halogens is 3. The van der Waals surface area contributed by atoms with E-state index in [0.717, 1.165) is 27.1 Å². The van der Waals surface area contributed by atoms with Crippen LogP contribution in [0.4, 0.5) is 5.69 Å². The molecule has 0 aliphatic rings. The number of carbonyl (C=O) groups excluding carboxylic acids is 2. The van der Waals surface area contributed by atoms with Crippen LogP contribution in [0.2, 0.25) is 10.0 Å². The lowest BCUT2D eigenvalue weighted by Gasteiger charge is -2.09. The van der Waals surface area contributed by atoms with Crippen LogP contribution in [-0.2, 0) is 9.59 Å². The highest BCUT2D eigenvalue weighted by Crippen LogP contribution is 2.25. The number of aryl methyl sites for hydroxylation is 1. The lowest BCUT2D eigenvalue weighted by Crippen LogP contribution is -2.32. The molecule has 0 aliphatic heterocycles. The molecule has 0 fully saturated rings. The summed E-state index contributed by atoms with van der Waals surface area (Å²) in [5.41, 5.74) is 6.36. The Balaban J connectivity index is 1.67. The van der Waals surface area contributed by atoms with Gasteiger partial charge < -0.3 is 9.88 Å². The number of nitrogens with zero attached hydrogens (tertiary/aromatic N) is 2. The van der Waals surface area contributed by atoms with E-state index in [1.807, 2.05) is 44.2 Å². The van der Waals surface area contributed by atoms with Crippen LogP contribution in [0.5, 0.6) is 0 Å². The summed E-state index contributed by atoms with van der Waals surface area (Å²) in [6.45, 7) is 3.93. The molecule has 9 heteroatoms. The highest BCUT2D eigenvalue weighted by molar-refractivity contribution is 9.10. The molecule has 0 spiro atoms. The van der Waals surface area contributed by atoms with Crippen LogP contribution in [-0.4, -0.2) is 22.6 Å². The first-order valence-electron chi connectivity index (χ1n) is 8.80. The Hall–Kier alpha value is -2.61. The molecule has 6 nitrogen and oxygen atoms in total. The third-order valence-corrected chi connectivity index (χ3v) is 5.52. The Morgan fingerprint density at radius 1 is 1.03 bits per heavy atom. The molecule has 30 heavy (non-hydrogen) atoms. The van der Waals surface area contributed by atoms with Crippen molar-refractivity contribution in [3.8, 4) is 5.69 Å². The van der Waals surface area contributed by atoms with Gasteiger partial charge in [0.1, 0.15) is 0 Å². The smallest absolute Gasteiger partial charge is 0.318 e. The van der Waals surface area contributed by atoms with Crippen molar-refractivity contribution in [2.45, 2.75) is 13.8 Å². The molecule has 2 aromatic carbocycles. The molecule has 0 radical (unpaired) electrons. The lowest BCUT2D eigenvalue weighted by atomic mass is 10.2. The topological polar surface area (TPSA) is 75.5 Å². The summed E-state index contributed by atoms with van der Waals surface area (Å²) >= 11 is 15.2. The van der Waals surface area contributed by atoms with Crippen LogP contribution in [0.25, 0.3) is 5.69 Å². The average molecular weight is 508 g/mol. The first kappa shape index (κ1) is 22.1. The van der Waals surface area contributed by atoms with Crippen LogP contribution in [0.3, 0.4) is 0 Å². The van der Waals surface area contributed by atoms with Crippen LogP contribution in [0.1, 0.15) is 17.0 Å². The second kappa shape index (κ2) is 9.47. The van der Waals surface area contributed by atoms with E-state index >= 15 is 0 Å². The van der Waals surface area contributed by atoms with Crippen molar-refractivity contribution in [3.63, 3.8) is 0 Å². The number of anilines is 1. The van der Waals surface area contributed by atoms with E-state index in [4.69, 9.17) is 23.2 Å². The Morgan fingerprint density at radius 2 is 1.80 bits per heavy atom. The van der Waals surface area contributed by atoms with E-state index in [-0.39, 0.29) is 5.02 Å². The molecule has 2 N–H and O–H groups in total. The fourth-order valence-electron chi connectivity index (χ4n) is 2.90. The van der Waals surface area contributed by atoms with Gasteiger partial charge in [-0.05, 0) is 56.3 Å². The highest BCUT2D eigenvalue weighted by Gasteiger charge is 2.14. The number of hydrazone groups is 1. The van der Waals surface area contributed by atoms with Gasteiger partial charge in [-0.3, -0.25) is 9.59 Å². The molecule has 0 atom stereocenters. The maximum absolute atomic E-state index is 12.0. The second-order valence-electron chi connectivity index (χ2n) is 6.42. The molecule has 3 rings (SSSR count). The normalized spacial score (nSPS) is 11.0. The Morgan fingerprint density at radius 3 is 2.50 bits per heavy atom. The molecular formula is C21H17BrCl2N4O2. The quantitative estimate of drug-likeness (QED) is 0.287. The van der Waals surface area contributed by atoms with Gasteiger partial charge in [0.05, 0.1) is 16.3 Å². The van der Waals surface area contributed by atoms with Crippen molar-refractivity contribution in [2.24, 2.45) is 5.10 Å². The van der Waals surface area contributed by atoms with E-state index in [0.29, 0.717) is 10.7 Å². The molecule has 1 heterocycles. The van der Waals surface area contributed by atoms with Crippen molar-refractivity contribution >= 4 is 62.8 Å². The number of hydrogen-bond acceptors (Lipinski definition) is 3. The van der Waals surface area contributed by atoms with Crippen molar-refractivity contribution in [1.29, 1.82) is 0 Å². The molecular weight excluding hydrogens is 491 g/mol. The van der Waals surface area contributed by atoms with E-state index in [1.165, 1.54) is 18.3 Å². The zero-order chi connectivity index (χ0) is 21.8. The van der Waals surface area contributed by atoms with E-state index in [9.17, 15) is 9.59 Å². The summed E-state index contributed by atoms with van der Waals surface area (Å²) in [6, 6.07) is 14.4. The standard InChI is InChI=1S/C21H17BrCl2N4O2/c1-12-8-14(13(2)28(12)17-5-3-4-15(22)9-17)11-25-27-21(30)20(29)26-16-6-7-18(23)19(24)10-16/h3-11H,1-2H3,(H,26,29)(H,27,30)/b25-11-. The fraction of sp³-hybridized carbons (Fsp3) is 0.0952. The van der Waals surface area contributed by atoms with Gasteiger partial charge in [0, 0.05) is 32.8 Å². The Labute approximate surface area is 192 Å². The van der Waals surface area contributed by atoms with Gasteiger partial charge in [0.2, 0.25) is 0 Å². The molecule has 154 valence electrons. The molecule has 0 bridgehead atoms. The van der Waals surface area contributed by atoms with Crippen LogP contribution >= 0.6 is 39.1 Å². The van der Waals surface area contributed by atoms with Crippen molar-refractivity contribution in [1.82, 2.24) is 9.99 Å². The van der Waals surface area contributed by atoms with Gasteiger partial charge in [-0.1, -0.05) is 45.2 Å². The van der Waals surface area contributed by atoms with Crippen molar-refractivity contribution in [2.75, 3.05) is 5.32 Å². The summed E-state index contributed by atoms with van der Waals surface area (Å²) in [5.74, 6) is -1.77. The monoisotopic (exact) mass is 506 g/mol. The van der Waals surface area contributed by atoms with Gasteiger partial charge in [-0.2, -0.15) is 5.10 Å². The lowest BCUT2D eigenvalue weighted by molar-refractivity contribution is -0.136. The third-order valence-electron chi connectivity index (χ3n) is 4.29.